The largest absolute Gasteiger partial charge is 0.471 e. The number of pyridine rings is 1. The summed E-state index contributed by atoms with van der Waals surface area (Å²) in [6, 6.07) is 19.2. The van der Waals surface area contributed by atoms with Gasteiger partial charge in [0.25, 0.3) is 0 Å². The minimum absolute atomic E-state index is 0.104. The fourth-order valence-electron chi connectivity index (χ4n) is 3.90. The zero-order valence-electron chi connectivity index (χ0n) is 17.5. The quantitative estimate of drug-likeness (QED) is 0.411. The molecule has 0 aliphatic carbocycles. The first-order chi connectivity index (χ1) is 14.7. The monoisotopic (exact) mass is 438 g/mol. The van der Waals surface area contributed by atoms with Crippen LogP contribution in [0.5, 0.6) is 5.88 Å². The van der Waals surface area contributed by atoms with Gasteiger partial charge in [-0.2, -0.15) is 0 Å². The summed E-state index contributed by atoms with van der Waals surface area (Å²) in [4.78, 5) is 9.33. The molecule has 30 heavy (non-hydrogen) atoms. The van der Waals surface area contributed by atoms with Gasteiger partial charge in [0.1, 0.15) is 11.1 Å². The molecule has 0 amide bonds. The lowest BCUT2D eigenvalue weighted by atomic mass is 10.1. The first-order valence-corrected chi connectivity index (χ1v) is 11.8. The van der Waals surface area contributed by atoms with Crippen molar-refractivity contribution in [2.75, 3.05) is 18.0 Å². The van der Waals surface area contributed by atoms with Gasteiger partial charge in [0, 0.05) is 34.6 Å². The molecule has 0 saturated carbocycles. The maximum atomic E-state index is 6.21. The average Bonchev–Trinajstić information content (AvgIpc) is 3.24. The maximum Gasteiger partial charge on any atom is 0.232 e. The lowest BCUT2D eigenvalue weighted by molar-refractivity contribution is 0.216. The molecule has 3 nitrogen and oxygen atoms in total. The Morgan fingerprint density at radius 1 is 1.07 bits per heavy atom. The van der Waals surface area contributed by atoms with E-state index in [-0.39, 0.29) is 6.10 Å². The van der Waals surface area contributed by atoms with Crippen LogP contribution in [0.2, 0.25) is 5.02 Å². The van der Waals surface area contributed by atoms with E-state index in [4.69, 9.17) is 16.3 Å². The Morgan fingerprint density at radius 3 is 2.70 bits per heavy atom. The number of anilines is 1. The number of ether oxygens (including phenoxy) is 1. The van der Waals surface area contributed by atoms with E-state index in [1.165, 1.54) is 26.6 Å². The van der Waals surface area contributed by atoms with Gasteiger partial charge in [-0.3, -0.25) is 0 Å². The normalized spacial score (nSPS) is 16.1. The smallest absolute Gasteiger partial charge is 0.232 e. The number of aromatic nitrogens is 1. The van der Waals surface area contributed by atoms with Gasteiger partial charge in [-0.25, -0.2) is 4.98 Å². The molecule has 2 heterocycles. The summed E-state index contributed by atoms with van der Waals surface area (Å²) < 4.78 is 6.07. The van der Waals surface area contributed by atoms with Crippen LogP contribution in [0.25, 0.3) is 0 Å². The average molecular weight is 439 g/mol. The Morgan fingerprint density at radius 2 is 1.90 bits per heavy atom. The predicted molar refractivity (Wildman–Crippen MR) is 126 cm³/mol. The van der Waals surface area contributed by atoms with Crippen LogP contribution in [0, 0.1) is 0 Å². The molecular formula is C25H27ClN2OS. The molecule has 0 spiro atoms. The van der Waals surface area contributed by atoms with Crippen molar-refractivity contribution < 1.29 is 4.74 Å². The highest BCUT2D eigenvalue weighted by Gasteiger charge is 2.26. The SMILES string of the molecule is CCc1ccccc1Sc1ccc(N2CCC(Oc3ncccc3Cl)C2)c(CC)c1. The van der Waals surface area contributed by atoms with Gasteiger partial charge in [0.15, 0.2) is 0 Å². The molecule has 1 aromatic heterocycles. The third kappa shape index (κ3) is 4.76. The van der Waals surface area contributed by atoms with Crippen molar-refractivity contribution in [3.63, 3.8) is 0 Å². The summed E-state index contributed by atoms with van der Waals surface area (Å²) in [6.45, 7) is 6.27. The van der Waals surface area contributed by atoms with Crippen LogP contribution in [-0.2, 0) is 12.8 Å². The van der Waals surface area contributed by atoms with Gasteiger partial charge in [-0.15, -0.1) is 0 Å². The molecule has 4 rings (SSSR count). The van der Waals surface area contributed by atoms with Gasteiger partial charge in [0.2, 0.25) is 5.88 Å². The minimum atomic E-state index is 0.104. The fraction of sp³-hybridized carbons (Fsp3) is 0.320. The molecule has 2 aromatic carbocycles. The van der Waals surface area contributed by atoms with Crippen LogP contribution in [0.4, 0.5) is 5.69 Å². The molecule has 0 radical (unpaired) electrons. The molecule has 5 heteroatoms. The van der Waals surface area contributed by atoms with Crippen molar-refractivity contribution in [3.8, 4) is 5.88 Å². The first-order valence-electron chi connectivity index (χ1n) is 10.6. The van der Waals surface area contributed by atoms with E-state index in [0.29, 0.717) is 10.9 Å². The summed E-state index contributed by atoms with van der Waals surface area (Å²) in [5, 5.41) is 0.568. The second kappa shape index (κ2) is 9.76. The summed E-state index contributed by atoms with van der Waals surface area (Å²) in [5.41, 5.74) is 4.09. The minimum Gasteiger partial charge on any atom is -0.471 e. The Kier molecular flexibility index (Phi) is 6.86. The summed E-state index contributed by atoms with van der Waals surface area (Å²) in [7, 11) is 0. The van der Waals surface area contributed by atoms with E-state index < -0.39 is 0 Å². The standard InChI is InChI=1S/C25H27ClN2OS/c1-3-18-8-5-6-10-24(18)30-21-11-12-23(19(4-2)16-21)28-15-13-20(17-28)29-25-22(26)9-7-14-27-25/h5-12,14,16,20H,3-4,13,15,17H2,1-2H3. The summed E-state index contributed by atoms with van der Waals surface area (Å²) in [5.74, 6) is 0.531. The van der Waals surface area contributed by atoms with E-state index in [0.717, 1.165) is 32.4 Å². The number of nitrogens with zero attached hydrogens (tertiary/aromatic N) is 2. The zero-order chi connectivity index (χ0) is 20.9. The van der Waals surface area contributed by atoms with Crippen LogP contribution in [-0.4, -0.2) is 24.2 Å². The first kappa shape index (κ1) is 21.1. The molecular weight excluding hydrogens is 412 g/mol. The Hall–Kier alpha value is -2.17. The number of aryl methyl sites for hydroxylation is 2. The number of halogens is 1. The number of rotatable bonds is 7. The van der Waals surface area contributed by atoms with E-state index in [1.807, 2.05) is 23.9 Å². The van der Waals surface area contributed by atoms with Gasteiger partial charge in [0.05, 0.1) is 6.54 Å². The third-order valence-corrected chi connectivity index (χ3v) is 6.90. The molecule has 1 aliphatic heterocycles. The number of hydrogen-bond donors (Lipinski definition) is 0. The van der Waals surface area contributed by atoms with Crippen molar-refractivity contribution in [2.45, 2.75) is 49.0 Å². The molecule has 1 unspecified atom stereocenters. The van der Waals surface area contributed by atoms with Crippen molar-refractivity contribution in [3.05, 3.63) is 76.9 Å². The lowest BCUT2D eigenvalue weighted by Gasteiger charge is -2.22. The maximum absolute atomic E-state index is 6.21. The van der Waals surface area contributed by atoms with Crippen molar-refractivity contribution in [2.24, 2.45) is 0 Å². The fourth-order valence-corrected chi connectivity index (χ4v) is 5.15. The molecule has 0 bridgehead atoms. The topological polar surface area (TPSA) is 25.4 Å². The number of hydrogen-bond acceptors (Lipinski definition) is 4. The molecule has 1 atom stereocenters. The molecule has 3 aromatic rings. The predicted octanol–water partition coefficient (Wildman–Crippen LogP) is 6.67. The zero-order valence-corrected chi connectivity index (χ0v) is 19.0. The van der Waals surface area contributed by atoms with Gasteiger partial charge >= 0.3 is 0 Å². The summed E-state index contributed by atoms with van der Waals surface area (Å²) >= 11 is 8.06. The highest BCUT2D eigenvalue weighted by atomic mass is 35.5. The van der Waals surface area contributed by atoms with Crippen LogP contribution < -0.4 is 9.64 Å². The van der Waals surface area contributed by atoms with E-state index in [9.17, 15) is 0 Å². The second-order valence-electron chi connectivity index (χ2n) is 7.47. The lowest BCUT2D eigenvalue weighted by Crippen LogP contribution is -2.25. The third-order valence-electron chi connectivity index (χ3n) is 5.50. The molecule has 1 aliphatic rings. The van der Waals surface area contributed by atoms with E-state index in [1.54, 1.807) is 6.20 Å². The van der Waals surface area contributed by atoms with E-state index in [2.05, 4.69) is 66.2 Å². The van der Waals surface area contributed by atoms with Crippen molar-refractivity contribution in [1.82, 2.24) is 4.98 Å². The van der Waals surface area contributed by atoms with E-state index >= 15 is 0 Å². The molecule has 0 N–H and O–H groups in total. The van der Waals surface area contributed by atoms with Crippen molar-refractivity contribution >= 4 is 29.1 Å². The molecule has 1 saturated heterocycles. The Bertz CT molecular complexity index is 1010. The number of benzene rings is 2. The second-order valence-corrected chi connectivity index (χ2v) is 8.99. The van der Waals surface area contributed by atoms with Gasteiger partial charge < -0.3 is 9.64 Å². The molecule has 156 valence electrons. The van der Waals surface area contributed by atoms with Crippen molar-refractivity contribution in [1.29, 1.82) is 0 Å². The van der Waals surface area contributed by atoms with Gasteiger partial charge in [-0.1, -0.05) is 55.4 Å². The Balaban J connectivity index is 1.47. The van der Waals surface area contributed by atoms with Crippen LogP contribution in [0.1, 0.15) is 31.4 Å². The van der Waals surface area contributed by atoms with Gasteiger partial charge in [-0.05, 0) is 60.4 Å². The summed E-state index contributed by atoms with van der Waals surface area (Å²) in [6.07, 6.45) is 4.85. The van der Waals surface area contributed by atoms with Crippen LogP contribution >= 0.6 is 23.4 Å². The highest BCUT2D eigenvalue weighted by molar-refractivity contribution is 7.99. The Labute approximate surface area is 188 Å². The highest BCUT2D eigenvalue weighted by Crippen LogP contribution is 2.35. The van der Waals surface area contributed by atoms with Crippen LogP contribution in [0.15, 0.2) is 70.6 Å². The molecule has 1 fully saturated rings. The van der Waals surface area contributed by atoms with Crippen LogP contribution in [0.3, 0.4) is 0 Å².